The van der Waals surface area contributed by atoms with Crippen LogP contribution in [0.3, 0.4) is 0 Å². The number of hydrogen-bond acceptors (Lipinski definition) is 3. The van der Waals surface area contributed by atoms with Crippen molar-refractivity contribution in [1.29, 1.82) is 0 Å². The molecule has 0 radical (unpaired) electrons. The van der Waals surface area contributed by atoms with Gasteiger partial charge in [0.15, 0.2) is 6.61 Å². The molecule has 1 aromatic heterocycles. The monoisotopic (exact) mass is 502 g/mol. The number of carboxylic acids is 1. The van der Waals surface area contributed by atoms with Crippen molar-refractivity contribution in [2.45, 2.75) is 46.7 Å². The van der Waals surface area contributed by atoms with Crippen LogP contribution in [0, 0.1) is 19.7 Å². The largest absolute Gasteiger partial charge is 0.482 e. The van der Waals surface area contributed by atoms with Gasteiger partial charge >= 0.3 is 5.97 Å². The molecular formula is C30H31FN2O4. The van der Waals surface area contributed by atoms with E-state index in [1.807, 2.05) is 42.7 Å². The summed E-state index contributed by atoms with van der Waals surface area (Å²) < 4.78 is 21.8. The minimum atomic E-state index is -1.10. The van der Waals surface area contributed by atoms with Crippen LogP contribution in [0.4, 0.5) is 4.39 Å². The van der Waals surface area contributed by atoms with Gasteiger partial charge in [-0.2, -0.15) is 0 Å². The van der Waals surface area contributed by atoms with Crippen molar-refractivity contribution in [2.75, 3.05) is 6.61 Å². The summed E-state index contributed by atoms with van der Waals surface area (Å²) in [5.74, 6) is -0.947. The van der Waals surface area contributed by atoms with E-state index in [0.717, 1.165) is 27.7 Å². The maximum atomic E-state index is 14.6. The highest BCUT2D eigenvalue weighted by Crippen LogP contribution is 2.28. The SMILES string of the molecule is Cc1c(C)n(Cc2cc(OCC(=O)O)ccc2F)c2ccc(C(=O)NCc3cccc(C(C)C)c3)cc12. The molecule has 3 aromatic carbocycles. The van der Waals surface area contributed by atoms with Crippen LogP contribution in [0.25, 0.3) is 10.9 Å². The number of nitrogens with zero attached hydrogens (tertiary/aromatic N) is 1. The zero-order valence-corrected chi connectivity index (χ0v) is 21.5. The molecule has 0 unspecified atom stereocenters. The highest BCUT2D eigenvalue weighted by atomic mass is 19.1. The Labute approximate surface area is 215 Å². The number of aryl methyl sites for hydroxylation is 1. The molecule has 0 aliphatic heterocycles. The van der Waals surface area contributed by atoms with Gasteiger partial charge in [0.25, 0.3) is 5.91 Å². The van der Waals surface area contributed by atoms with Gasteiger partial charge in [-0.15, -0.1) is 0 Å². The standard InChI is InChI=1S/C30H31FN2O4/c1-18(2)22-7-5-6-21(12-22)15-32-30(36)23-8-11-28-26(14-23)19(3)20(4)33(28)16-24-13-25(9-10-27(24)31)37-17-29(34)35/h5-14,18H,15-17H2,1-4H3,(H,32,36)(H,34,35). The number of fused-ring (bicyclic) bond motifs is 1. The number of carbonyl (C=O) groups is 2. The minimum Gasteiger partial charge on any atom is -0.482 e. The number of rotatable bonds is 9. The first-order valence-electron chi connectivity index (χ1n) is 12.2. The molecule has 0 spiro atoms. The first kappa shape index (κ1) is 25.9. The molecule has 192 valence electrons. The van der Waals surface area contributed by atoms with Crippen LogP contribution in [0.2, 0.25) is 0 Å². The summed E-state index contributed by atoms with van der Waals surface area (Å²) in [7, 11) is 0. The Balaban J connectivity index is 1.56. The number of hydrogen-bond donors (Lipinski definition) is 2. The summed E-state index contributed by atoms with van der Waals surface area (Å²) >= 11 is 0. The minimum absolute atomic E-state index is 0.157. The summed E-state index contributed by atoms with van der Waals surface area (Å²) in [6.45, 7) is 8.41. The van der Waals surface area contributed by atoms with Gasteiger partial charge in [0, 0.05) is 34.3 Å². The first-order chi connectivity index (χ1) is 17.6. The van der Waals surface area contributed by atoms with Gasteiger partial charge in [-0.1, -0.05) is 38.1 Å². The van der Waals surface area contributed by atoms with Crippen LogP contribution in [0.5, 0.6) is 5.75 Å². The Bertz CT molecular complexity index is 1470. The van der Waals surface area contributed by atoms with Crippen LogP contribution in [-0.2, 0) is 17.9 Å². The zero-order chi connectivity index (χ0) is 26.7. The summed E-state index contributed by atoms with van der Waals surface area (Å²) in [6, 6.07) is 18.0. The molecule has 0 fully saturated rings. The van der Waals surface area contributed by atoms with E-state index in [2.05, 4.69) is 31.3 Å². The van der Waals surface area contributed by atoms with Crippen LogP contribution < -0.4 is 10.1 Å². The third kappa shape index (κ3) is 5.82. The molecular weight excluding hydrogens is 471 g/mol. The number of carbonyl (C=O) groups excluding carboxylic acids is 1. The van der Waals surface area contributed by atoms with Gasteiger partial charge in [0.2, 0.25) is 0 Å². The summed E-state index contributed by atoms with van der Waals surface area (Å²) in [5, 5.41) is 12.8. The molecule has 37 heavy (non-hydrogen) atoms. The molecule has 2 N–H and O–H groups in total. The lowest BCUT2D eigenvalue weighted by atomic mass is 10.0. The molecule has 4 aromatic rings. The number of aliphatic carboxylic acids is 1. The second kappa shape index (κ2) is 10.9. The van der Waals surface area contributed by atoms with Crippen molar-refractivity contribution in [3.05, 3.63) is 100.0 Å². The average Bonchev–Trinajstić information content (AvgIpc) is 3.12. The van der Waals surface area contributed by atoms with E-state index in [1.165, 1.54) is 23.8 Å². The number of aromatic nitrogens is 1. The molecule has 0 atom stereocenters. The molecule has 6 nitrogen and oxygen atoms in total. The summed E-state index contributed by atoms with van der Waals surface area (Å²) in [5.41, 5.74) is 6.07. The van der Waals surface area contributed by atoms with Crippen LogP contribution in [0.15, 0.2) is 60.7 Å². The van der Waals surface area contributed by atoms with E-state index in [-0.39, 0.29) is 12.5 Å². The van der Waals surface area contributed by atoms with Crippen LogP contribution in [0.1, 0.15) is 58.1 Å². The lowest BCUT2D eigenvalue weighted by Crippen LogP contribution is -2.22. The highest BCUT2D eigenvalue weighted by molar-refractivity contribution is 5.99. The molecule has 1 heterocycles. The smallest absolute Gasteiger partial charge is 0.341 e. The van der Waals surface area contributed by atoms with Gasteiger partial charge < -0.3 is 19.7 Å². The lowest BCUT2D eigenvalue weighted by molar-refractivity contribution is -0.139. The van der Waals surface area contributed by atoms with E-state index in [9.17, 15) is 14.0 Å². The fraction of sp³-hybridized carbons (Fsp3) is 0.267. The van der Waals surface area contributed by atoms with E-state index in [4.69, 9.17) is 9.84 Å². The molecule has 4 rings (SSSR count). The van der Waals surface area contributed by atoms with Gasteiger partial charge in [0.1, 0.15) is 11.6 Å². The van der Waals surface area contributed by atoms with Crippen molar-refractivity contribution in [3.63, 3.8) is 0 Å². The molecule has 0 aliphatic rings. The fourth-order valence-electron chi connectivity index (χ4n) is 4.42. The Hall–Kier alpha value is -4.13. The molecule has 1 amide bonds. The molecule has 0 saturated heterocycles. The van der Waals surface area contributed by atoms with Gasteiger partial charge in [0.05, 0.1) is 6.54 Å². The van der Waals surface area contributed by atoms with Crippen molar-refractivity contribution in [3.8, 4) is 5.75 Å². The van der Waals surface area contributed by atoms with Crippen molar-refractivity contribution >= 4 is 22.8 Å². The predicted molar refractivity (Wildman–Crippen MR) is 142 cm³/mol. The Morgan fingerprint density at radius 2 is 1.84 bits per heavy atom. The second-order valence-electron chi connectivity index (χ2n) is 9.55. The zero-order valence-electron chi connectivity index (χ0n) is 21.5. The Morgan fingerprint density at radius 3 is 2.57 bits per heavy atom. The number of halogens is 1. The maximum Gasteiger partial charge on any atom is 0.341 e. The van der Waals surface area contributed by atoms with Crippen molar-refractivity contribution in [1.82, 2.24) is 9.88 Å². The van der Waals surface area contributed by atoms with E-state index in [0.29, 0.717) is 29.3 Å². The molecule has 0 bridgehead atoms. The molecule has 0 saturated carbocycles. The second-order valence-corrected chi connectivity index (χ2v) is 9.55. The van der Waals surface area contributed by atoms with E-state index >= 15 is 0 Å². The number of nitrogens with one attached hydrogen (secondary N) is 1. The average molecular weight is 503 g/mol. The number of ether oxygens (including phenoxy) is 1. The van der Waals surface area contributed by atoms with Gasteiger partial charge in [-0.05, 0) is 72.9 Å². The maximum absolute atomic E-state index is 14.6. The Morgan fingerprint density at radius 1 is 1.05 bits per heavy atom. The summed E-state index contributed by atoms with van der Waals surface area (Å²) in [6.07, 6.45) is 0. The topological polar surface area (TPSA) is 80.6 Å². The quantitative estimate of drug-likeness (QED) is 0.296. The van der Waals surface area contributed by atoms with Gasteiger partial charge in [-0.3, -0.25) is 4.79 Å². The third-order valence-electron chi connectivity index (χ3n) is 6.68. The van der Waals surface area contributed by atoms with Crippen molar-refractivity contribution < 1.29 is 23.8 Å². The fourth-order valence-corrected chi connectivity index (χ4v) is 4.42. The van der Waals surface area contributed by atoms with E-state index in [1.54, 1.807) is 6.07 Å². The first-order valence-corrected chi connectivity index (χ1v) is 12.2. The predicted octanol–water partition coefficient (Wildman–Crippen LogP) is 5.96. The van der Waals surface area contributed by atoms with Gasteiger partial charge in [-0.25, -0.2) is 9.18 Å². The molecule has 0 aliphatic carbocycles. The number of amides is 1. The van der Waals surface area contributed by atoms with E-state index < -0.39 is 18.4 Å². The van der Waals surface area contributed by atoms with Crippen molar-refractivity contribution in [2.24, 2.45) is 0 Å². The lowest BCUT2D eigenvalue weighted by Gasteiger charge is -2.12. The number of benzene rings is 3. The number of carboxylic acid groups (broad SMARTS) is 1. The van der Waals surface area contributed by atoms with Crippen LogP contribution >= 0.6 is 0 Å². The van der Waals surface area contributed by atoms with Crippen LogP contribution in [-0.4, -0.2) is 28.2 Å². The Kier molecular flexibility index (Phi) is 7.62. The highest BCUT2D eigenvalue weighted by Gasteiger charge is 2.16. The third-order valence-corrected chi connectivity index (χ3v) is 6.68. The molecule has 7 heteroatoms. The summed E-state index contributed by atoms with van der Waals surface area (Å²) in [4.78, 5) is 23.7. The normalized spacial score (nSPS) is 11.2.